The maximum absolute atomic E-state index is 13.8. The minimum absolute atomic E-state index is 0.0582. The van der Waals surface area contributed by atoms with Gasteiger partial charge in [-0.2, -0.15) is 0 Å². The molecule has 10 nitrogen and oxygen atoms in total. The van der Waals surface area contributed by atoms with Crippen molar-refractivity contribution in [3.05, 3.63) is 77.2 Å². The third kappa shape index (κ3) is 6.90. The Balaban J connectivity index is 1.71. The van der Waals surface area contributed by atoms with E-state index in [0.29, 0.717) is 34.4 Å². The lowest BCUT2D eigenvalue weighted by molar-refractivity contribution is -0.126. The van der Waals surface area contributed by atoms with Gasteiger partial charge in [0.2, 0.25) is 11.8 Å². The molecule has 0 aliphatic carbocycles. The van der Waals surface area contributed by atoms with Gasteiger partial charge in [-0.3, -0.25) is 19.3 Å². The number of benzene rings is 2. The smallest absolute Gasteiger partial charge is 0.287 e. The number of carbonyl (C=O) groups is 3. The summed E-state index contributed by atoms with van der Waals surface area (Å²) in [4.78, 5) is 41.4. The number of nitrogens with one attached hydrogen (secondary N) is 2. The van der Waals surface area contributed by atoms with E-state index in [4.69, 9.17) is 30.2 Å². The Morgan fingerprint density at radius 2 is 1.87 bits per heavy atom. The molecule has 11 heteroatoms. The zero-order valence-electron chi connectivity index (χ0n) is 21.6. The standard InChI is InChI=1S/C28H30ClN3O7/c1-36-22-11-10-18(14-24(22)37-2)26(28(35)30-16-21-8-4-12-38-21)32(20-7-3-6-19(29)15-20)25(33)17-31-27(34)23-9-5-13-39-23/h3,5-7,9-11,13-15,21,26H,4,8,12,16-17H2,1-2H3,(H,30,35)(H,31,34)/t21-,26-/m1/s1. The molecule has 0 saturated carbocycles. The molecule has 39 heavy (non-hydrogen) atoms. The van der Waals surface area contributed by atoms with Crippen LogP contribution in [0.1, 0.15) is 35.0 Å². The number of halogens is 1. The number of carbonyl (C=O) groups excluding carboxylic acids is 3. The van der Waals surface area contributed by atoms with Crippen molar-refractivity contribution in [2.75, 3.05) is 38.8 Å². The molecule has 3 amide bonds. The summed E-state index contributed by atoms with van der Waals surface area (Å²) in [5.41, 5.74) is 0.829. The van der Waals surface area contributed by atoms with Gasteiger partial charge in [0.15, 0.2) is 17.3 Å². The average molecular weight is 556 g/mol. The predicted molar refractivity (Wildman–Crippen MR) is 144 cm³/mol. The third-order valence-corrected chi connectivity index (χ3v) is 6.49. The topological polar surface area (TPSA) is 119 Å². The van der Waals surface area contributed by atoms with Crippen molar-refractivity contribution in [2.24, 2.45) is 0 Å². The van der Waals surface area contributed by atoms with Gasteiger partial charge in [0.1, 0.15) is 6.04 Å². The van der Waals surface area contributed by atoms with Crippen LogP contribution in [0, 0.1) is 0 Å². The van der Waals surface area contributed by atoms with Crippen LogP contribution in [0.4, 0.5) is 5.69 Å². The monoisotopic (exact) mass is 555 g/mol. The van der Waals surface area contributed by atoms with Crippen LogP contribution in [0.15, 0.2) is 65.3 Å². The van der Waals surface area contributed by atoms with Gasteiger partial charge in [-0.05, 0) is 60.9 Å². The highest BCUT2D eigenvalue weighted by molar-refractivity contribution is 6.31. The summed E-state index contributed by atoms with van der Waals surface area (Å²) < 4.78 is 21.6. The second-order valence-electron chi connectivity index (χ2n) is 8.80. The SMILES string of the molecule is COc1ccc([C@H](C(=O)NC[C@H]2CCCO2)N(C(=O)CNC(=O)c2ccco2)c2cccc(Cl)c2)cc1OC. The summed E-state index contributed by atoms with van der Waals surface area (Å²) in [5, 5.41) is 5.86. The minimum Gasteiger partial charge on any atom is -0.493 e. The number of amides is 3. The van der Waals surface area contributed by atoms with Gasteiger partial charge >= 0.3 is 0 Å². The number of ether oxygens (including phenoxy) is 3. The molecule has 0 radical (unpaired) electrons. The molecule has 0 bridgehead atoms. The summed E-state index contributed by atoms with van der Waals surface area (Å²) in [6, 6.07) is 13.5. The molecule has 206 valence electrons. The second-order valence-corrected chi connectivity index (χ2v) is 9.24. The molecular formula is C28H30ClN3O7. The highest BCUT2D eigenvalue weighted by Gasteiger charge is 2.34. The van der Waals surface area contributed by atoms with Crippen molar-refractivity contribution >= 4 is 35.0 Å². The van der Waals surface area contributed by atoms with Crippen LogP contribution in [0.5, 0.6) is 11.5 Å². The molecule has 0 unspecified atom stereocenters. The number of furan rings is 1. The molecule has 1 aliphatic heterocycles. The van der Waals surface area contributed by atoms with Gasteiger partial charge in [-0.1, -0.05) is 23.7 Å². The molecule has 1 fully saturated rings. The Kier molecular flexibility index (Phi) is 9.45. The van der Waals surface area contributed by atoms with E-state index in [0.717, 1.165) is 12.8 Å². The van der Waals surface area contributed by atoms with Gasteiger partial charge < -0.3 is 29.3 Å². The van der Waals surface area contributed by atoms with Crippen LogP contribution in [-0.2, 0) is 14.3 Å². The lowest BCUT2D eigenvalue weighted by Crippen LogP contribution is -2.48. The molecule has 1 aliphatic rings. The number of anilines is 1. The number of hydrogen-bond donors (Lipinski definition) is 2. The van der Waals surface area contributed by atoms with E-state index < -0.39 is 30.3 Å². The van der Waals surface area contributed by atoms with E-state index in [1.165, 1.54) is 31.4 Å². The summed E-state index contributed by atoms with van der Waals surface area (Å²) in [6.45, 7) is 0.520. The maximum atomic E-state index is 13.8. The van der Waals surface area contributed by atoms with Crippen LogP contribution in [0.2, 0.25) is 5.02 Å². The largest absolute Gasteiger partial charge is 0.493 e. The second kappa shape index (κ2) is 13.2. The minimum atomic E-state index is -1.14. The molecule has 1 saturated heterocycles. The van der Waals surface area contributed by atoms with Gasteiger partial charge in [-0.25, -0.2) is 0 Å². The van der Waals surface area contributed by atoms with Crippen LogP contribution in [0.3, 0.4) is 0 Å². The van der Waals surface area contributed by atoms with E-state index >= 15 is 0 Å². The van der Waals surface area contributed by atoms with E-state index in [1.807, 2.05) is 0 Å². The van der Waals surface area contributed by atoms with Gasteiger partial charge in [0.25, 0.3) is 5.91 Å². The number of methoxy groups -OCH3 is 2. The Hall–Kier alpha value is -4.02. The first-order valence-corrected chi connectivity index (χ1v) is 12.8. The Bertz CT molecular complexity index is 1290. The van der Waals surface area contributed by atoms with Gasteiger partial charge in [0.05, 0.1) is 33.1 Å². The lowest BCUT2D eigenvalue weighted by Gasteiger charge is -2.32. The first-order valence-electron chi connectivity index (χ1n) is 12.4. The van der Waals surface area contributed by atoms with Crippen molar-refractivity contribution < 1.29 is 33.0 Å². The predicted octanol–water partition coefficient (Wildman–Crippen LogP) is 3.75. The number of hydrogen-bond acceptors (Lipinski definition) is 7. The van der Waals surface area contributed by atoms with Crippen molar-refractivity contribution in [3.8, 4) is 11.5 Å². The lowest BCUT2D eigenvalue weighted by atomic mass is 10.0. The molecule has 4 rings (SSSR count). The summed E-state index contributed by atoms with van der Waals surface area (Å²) >= 11 is 6.28. The first-order chi connectivity index (χ1) is 18.9. The highest BCUT2D eigenvalue weighted by atomic mass is 35.5. The molecule has 2 heterocycles. The van der Waals surface area contributed by atoms with E-state index in [1.54, 1.807) is 48.5 Å². The molecular weight excluding hydrogens is 526 g/mol. The quantitative estimate of drug-likeness (QED) is 0.370. The van der Waals surface area contributed by atoms with Crippen LogP contribution < -0.4 is 25.0 Å². The van der Waals surface area contributed by atoms with Crippen LogP contribution in [-0.4, -0.2) is 57.7 Å². The van der Waals surface area contributed by atoms with Crippen molar-refractivity contribution in [1.29, 1.82) is 0 Å². The van der Waals surface area contributed by atoms with Crippen molar-refractivity contribution in [1.82, 2.24) is 10.6 Å². The maximum Gasteiger partial charge on any atom is 0.287 e. The number of rotatable bonds is 11. The fourth-order valence-electron chi connectivity index (χ4n) is 4.36. The fourth-order valence-corrected chi connectivity index (χ4v) is 4.54. The van der Waals surface area contributed by atoms with E-state index in [9.17, 15) is 14.4 Å². The summed E-state index contributed by atoms with van der Waals surface area (Å²) in [7, 11) is 2.99. The van der Waals surface area contributed by atoms with Gasteiger partial charge in [0, 0.05) is 23.9 Å². The van der Waals surface area contributed by atoms with Crippen LogP contribution >= 0.6 is 11.6 Å². The zero-order valence-corrected chi connectivity index (χ0v) is 22.4. The molecule has 3 aromatic rings. The molecule has 1 aromatic heterocycles. The molecule has 2 N–H and O–H groups in total. The Morgan fingerprint density at radius 1 is 1.05 bits per heavy atom. The Labute approximate surface area is 231 Å². The van der Waals surface area contributed by atoms with E-state index in [2.05, 4.69) is 10.6 Å². The summed E-state index contributed by atoms with van der Waals surface area (Å²) in [5.74, 6) is -0.650. The summed E-state index contributed by atoms with van der Waals surface area (Å²) in [6.07, 6.45) is 3.00. The first kappa shape index (κ1) is 28.0. The molecule has 2 aromatic carbocycles. The average Bonchev–Trinajstić information content (AvgIpc) is 3.68. The zero-order chi connectivity index (χ0) is 27.8. The number of nitrogens with zero attached hydrogens (tertiary/aromatic N) is 1. The Morgan fingerprint density at radius 3 is 2.54 bits per heavy atom. The van der Waals surface area contributed by atoms with Gasteiger partial charge in [-0.15, -0.1) is 0 Å². The molecule has 0 spiro atoms. The van der Waals surface area contributed by atoms with Crippen molar-refractivity contribution in [3.63, 3.8) is 0 Å². The molecule has 2 atom stereocenters. The highest BCUT2D eigenvalue weighted by Crippen LogP contribution is 2.35. The third-order valence-electron chi connectivity index (χ3n) is 6.26. The fraction of sp³-hybridized carbons (Fsp3) is 0.321. The van der Waals surface area contributed by atoms with Crippen LogP contribution in [0.25, 0.3) is 0 Å². The normalized spacial score (nSPS) is 15.3. The van der Waals surface area contributed by atoms with E-state index in [-0.39, 0.29) is 18.4 Å². The van der Waals surface area contributed by atoms with Crippen molar-refractivity contribution in [2.45, 2.75) is 25.0 Å².